The Balaban J connectivity index is 1.48. The Morgan fingerprint density at radius 1 is 1.17 bits per heavy atom. The van der Waals surface area contributed by atoms with Gasteiger partial charge in [-0.2, -0.15) is 5.10 Å². The predicted octanol–water partition coefficient (Wildman–Crippen LogP) is 3.55. The molecule has 0 atom stereocenters. The summed E-state index contributed by atoms with van der Waals surface area (Å²) in [5, 5.41) is 7.22. The Morgan fingerprint density at radius 3 is 2.75 bits per heavy atom. The molecule has 5 heteroatoms. The average molecular weight is 323 g/mol. The van der Waals surface area contributed by atoms with Crippen molar-refractivity contribution in [3.8, 4) is 0 Å². The molecule has 1 fully saturated rings. The van der Waals surface area contributed by atoms with E-state index in [1.165, 1.54) is 29.9 Å². The van der Waals surface area contributed by atoms with Crippen LogP contribution in [0.1, 0.15) is 43.6 Å². The van der Waals surface area contributed by atoms with Gasteiger partial charge in [0.25, 0.3) is 0 Å². The maximum absolute atomic E-state index is 4.90. The fourth-order valence-corrected chi connectivity index (χ4v) is 3.82. The van der Waals surface area contributed by atoms with Crippen molar-refractivity contribution in [2.75, 3.05) is 13.1 Å². The number of piperidine rings is 1. The fourth-order valence-electron chi connectivity index (χ4n) is 3.82. The smallest absolute Gasteiger partial charge is 0.124 e. The number of fused-ring (bicyclic) bond motifs is 1. The van der Waals surface area contributed by atoms with E-state index in [1.54, 1.807) is 0 Å². The number of imidazole rings is 1. The lowest BCUT2D eigenvalue weighted by Crippen LogP contribution is -2.33. The molecule has 1 N–H and O–H groups in total. The summed E-state index contributed by atoms with van der Waals surface area (Å²) in [6.07, 6.45) is 5.37. The minimum Gasteiger partial charge on any atom is -0.327 e. The molecule has 24 heavy (non-hydrogen) atoms. The maximum Gasteiger partial charge on any atom is 0.124 e. The highest BCUT2D eigenvalue weighted by molar-refractivity contribution is 5.75. The van der Waals surface area contributed by atoms with Crippen LogP contribution in [0.4, 0.5) is 0 Å². The molecule has 3 aromatic rings. The van der Waals surface area contributed by atoms with Crippen LogP contribution in [0.3, 0.4) is 0 Å². The molecule has 0 saturated carbocycles. The van der Waals surface area contributed by atoms with Gasteiger partial charge in [-0.15, -0.1) is 0 Å². The Hall–Kier alpha value is -2.14. The third kappa shape index (κ3) is 2.96. The largest absolute Gasteiger partial charge is 0.327 e. The first kappa shape index (κ1) is 15.4. The number of likely N-dealkylation sites (tertiary alicyclic amines) is 1. The molecule has 1 aliphatic heterocycles. The molecule has 0 unspecified atom stereocenters. The van der Waals surface area contributed by atoms with Crippen LogP contribution < -0.4 is 0 Å². The Bertz CT molecular complexity index is 781. The molecular weight excluding hydrogens is 298 g/mol. The van der Waals surface area contributed by atoms with Gasteiger partial charge in [0, 0.05) is 24.4 Å². The number of hydrogen-bond donors (Lipinski definition) is 1. The molecular formula is C19H25N5. The lowest BCUT2D eigenvalue weighted by molar-refractivity contribution is 0.197. The van der Waals surface area contributed by atoms with Gasteiger partial charge in [0.05, 0.1) is 17.6 Å². The van der Waals surface area contributed by atoms with Crippen LogP contribution in [0.2, 0.25) is 0 Å². The van der Waals surface area contributed by atoms with E-state index in [4.69, 9.17) is 4.98 Å². The van der Waals surface area contributed by atoms with Crippen molar-refractivity contribution in [1.82, 2.24) is 24.6 Å². The van der Waals surface area contributed by atoms with E-state index in [0.29, 0.717) is 5.92 Å². The quantitative estimate of drug-likeness (QED) is 0.781. The lowest BCUT2D eigenvalue weighted by atomic mass is 9.94. The van der Waals surface area contributed by atoms with Crippen LogP contribution in [0.25, 0.3) is 11.0 Å². The van der Waals surface area contributed by atoms with Crippen molar-refractivity contribution < 1.29 is 0 Å². The second-order valence-corrected chi connectivity index (χ2v) is 6.73. The summed E-state index contributed by atoms with van der Waals surface area (Å²) < 4.78 is 2.40. The Kier molecular flexibility index (Phi) is 4.34. The number of aryl methyl sites for hydroxylation is 1. The van der Waals surface area contributed by atoms with Crippen LogP contribution in [0.15, 0.2) is 36.5 Å². The minimum atomic E-state index is 0.623. The topological polar surface area (TPSA) is 49.7 Å². The number of H-pyrrole nitrogens is 1. The van der Waals surface area contributed by atoms with Gasteiger partial charge >= 0.3 is 0 Å². The molecule has 0 amide bonds. The minimum absolute atomic E-state index is 0.623. The van der Waals surface area contributed by atoms with Gasteiger partial charge in [0.15, 0.2) is 0 Å². The highest BCUT2D eigenvalue weighted by Crippen LogP contribution is 2.27. The Morgan fingerprint density at radius 2 is 2.00 bits per heavy atom. The third-order valence-corrected chi connectivity index (χ3v) is 5.10. The maximum atomic E-state index is 4.90. The summed E-state index contributed by atoms with van der Waals surface area (Å²) in [5.74, 6) is 1.83. The molecule has 5 nitrogen and oxygen atoms in total. The summed E-state index contributed by atoms with van der Waals surface area (Å²) in [4.78, 5) is 7.44. The van der Waals surface area contributed by atoms with E-state index < -0.39 is 0 Å². The highest BCUT2D eigenvalue weighted by Gasteiger charge is 2.23. The van der Waals surface area contributed by atoms with Crippen LogP contribution >= 0.6 is 0 Å². The molecule has 0 bridgehead atoms. The monoisotopic (exact) mass is 323 g/mol. The van der Waals surface area contributed by atoms with Crippen molar-refractivity contribution >= 4 is 11.0 Å². The molecule has 0 spiro atoms. The fraction of sp³-hybridized carbons (Fsp3) is 0.474. The van der Waals surface area contributed by atoms with Gasteiger partial charge in [-0.05, 0) is 50.6 Å². The van der Waals surface area contributed by atoms with Crippen molar-refractivity contribution in [2.24, 2.45) is 0 Å². The SMILES string of the molecule is CCCn1c(CN2CCC(c3ccn[nH]3)CC2)nc2ccccc21. The van der Waals surface area contributed by atoms with Gasteiger partial charge in [-0.3, -0.25) is 10.00 Å². The molecule has 1 aromatic carbocycles. The molecule has 1 saturated heterocycles. The van der Waals surface area contributed by atoms with E-state index in [2.05, 4.69) is 56.9 Å². The zero-order valence-corrected chi connectivity index (χ0v) is 14.3. The molecule has 0 radical (unpaired) electrons. The van der Waals surface area contributed by atoms with Crippen LogP contribution in [-0.4, -0.2) is 37.7 Å². The van der Waals surface area contributed by atoms with Crippen LogP contribution in [-0.2, 0) is 13.1 Å². The molecule has 126 valence electrons. The Labute approximate surface area is 142 Å². The number of nitrogens with one attached hydrogen (secondary N) is 1. The van der Waals surface area contributed by atoms with Crippen molar-refractivity contribution in [2.45, 2.75) is 45.2 Å². The molecule has 0 aliphatic carbocycles. The molecule has 2 aromatic heterocycles. The van der Waals surface area contributed by atoms with E-state index in [0.717, 1.165) is 38.1 Å². The van der Waals surface area contributed by atoms with Gasteiger partial charge in [0.2, 0.25) is 0 Å². The molecule has 4 rings (SSSR count). The van der Waals surface area contributed by atoms with Gasteiger partial charge < -0.3 is 4.57 Å². The number of rotatable bonds is 5. The molecule has 3 heterocycles. The predicted molar refractivity (Wildman–Crippen MR) is 95.9 cm³/mol. The van der Waals surface area contributed by atoms with Crippen LogP contribution in [0.5, 0.6) is 0 Å². The number of aromatic amines is 1. The number of nitrogens with zero attached hydrogens (tertiary/aromatic N) is 4. The van der Waals surface area contributed by atoms with E-state index in [-0.39, 0.29) is 0 Å². The van der Waals surface area contributed by atoms with Gasteiger partial charge in [-0.25, -0.2) is 4.98 Å². The van der Waals surface area contributed by atoms with Gasteiger partial charge in [-0.1, -0.05) is 19.1 Å². The normalized spacial score (nSPS) is 16.9. The van der Waals surface area contributed by atoms with E-state index in [1.807, 2.05) is 6.20 Å². The summed E-state index contributed by atoms with van der Waals surface area (Å²) in [7, 11) is 0. The average Bonchev–Trinajstić information content (AvgIpc) is 3.25. The first-order valence-corrected chi connectivity index (χ1v) is 9.01. The standard InChI is InChI=1S/C19H25N5/c1-2-11-24-18-6-4-3-5-17(18)21-19(24)14-23-12-8-15(9-13-23)16-7-10-20-22-16/h3-7,10,15H,2,8-9,11-14H2,1H3,(H,20,22). The molecule has 1 aliphatic rings. The highest BCUT2D eigenvalue weighted by atomic mass is 15.2. The second-order valence-electron chi connectivity index (χ2n) is 6.73. The number of hydrogen-bond acceptors (Lipinski definition) is 3. The van der Waals surface area contributed by atoms with E-state index in [9.17, 15) is 0 Å². The van der Waals surface area contributed by atoms with Gasteiger partial charge in [0.1, 0.15) is 5.82 Å². The first-order valence-electron chi connectivity index (χ1n) is 9.01. The van der Waals surface area contributed by atoms with Crippen LogP contribution in [0, 0.1) is 0 Å². The van der Waals surface area contributed by atoms with Crippen molar-refractivity contribution in [3.05, 3.63) is 48.0 Å². The summed E-state index contributed by atoms with van der Waals surface area (Å²) in [6.45, 7) is 6.47. The number of para-hydroxylation sites is 2. The van der Waals surface area contributed by atoms with Crippen molar-refractivity contribution in [1.29, 1.82) is 0 Å². The summed E-state index contributed by atoms with van der Waals surface area (Å²) in [5.41, 5.74) is 3.67. The zero-order valence-electron chi connectivity index (χ0n) is 14.3. The lowest BCUT2D eigenvalue weighted by Gasteiger charge is -2.31. The first-order chi connectivity index (χ1) is 11.8. The summed E-state index contributed by atoms with van der Waals surface area (Å²) in [6, 6.07) is 10.6. The second kappa shape index (κ2) is 6.77. The van der Waals surface area contributed by atoms with E-state index >= 15 is 0 Å². The number of aromatic nitrogens is 4. The summed E-state index contributed by atoms with van der Waals surface area (Å²) >= 11 is 0. The third-order valence-electron chi connectivity index (χ3n) is 5.10. The number of benzene rings is 1. The van der Waals surface area contributed by atoms with Crippen molar-refractivity contribution in [3.63, 3.8) is 0 Å². The zero-order chi connectivity index (χ0) is 16.4.